The molecule has 0 bridgehead atoms. The van der Waals surface area contributed by atoms with E-state index < -0.39 is 0 Å². The van der Waals surface area contributed by atoms with Crippen LogP contribution in [0, 0.1) is 0 Å². The summed E-state index contributed by atoms with van der Waals surface area (Å²) < 4.78 is 0. The monoisotopic (exact) mass is 312 g/mol. The van der Waals surface area contributed by atoms with Gasteiger partial charge in [0, 0.05) is 31.4 Å². The number of thioether (sulfide) groups is 1. The molecule has 2 aliphatic heterocycles. The number of rotatable bonds is 5. The van der Waals surface area contributed by atoms with Crippen LogP contribution >= 0.6 is 11.8 Å². The predicted octanol–water partition coefficient (Wildman–Crippen LogP) is 1.20. The Morgan fingerprint density at radius 3 is 2.90 bits per heavy atom. The maximum atomic E-state index is 13.0. The second kappa shape index (κ2) is 5.80. The molecule has 0 aromatic heterocycles. The van der Waals surface area contributed by atoms with Gasteiger partial charge in [-0.05, 0) is 39.0 Å². The molecule has 5 nitrogen and oxygen atoms in total. The highest BCUT2D eigenvalue weighted by molar-refractivity contribution is 8.01. The molecule has 0 spiro atoms. The van der Waals surface area contributed by atoms with Crippen molar-refractivity contribution in [2.75, 3.05) is 18.9 Å². The van der Waals surface area contributed by atoms with Crippen molar-refractivity contribution in [1.29, 1.82) is 0 Å². The Morgan fingerprint density at radius 2 is 2.29 bits per heavy atom. The smallest absolute Gasteiger partial charge is 0.246 e. The lowest BCUT2D eigenvalue weighted by Crippen LogP contribution is -2.55. The van der Waals surface area contributed by atoms with Gasteiger partial charge in [0.25, 0.3) is 0 Å². The SMILES string of the molecule is CC12CCC(=O)N1C(C(=O)N(CCCO)C1CCC1)CS2. The molecule has 2 atom stereocenters. The fourth-order valence-corrected chi connectivity index (χ4v) is 5.03. The van der Waals surface area contributed by atoms with E-state index in [0.717, 1.165) is 19.3 Å². The number of carbonyl (C=O) groups excluding carboxylic acids is 2. The number of hydrogen-bond acceptors (Lipinski definition) is 4. The summed E-state index contributed by atoms with van der Waals surface area (Å²) in [7, 11) is 0. The minimum atomic E-state index is -0.297. The average molecular weight is 312 g/mol. The quantitative estimate of drug-likeness (QED) is 0.829. The maximum absolute atomic E-state index is 13.0. The summed E-state index contributed by atoms with van der Waals surface area (Å²) in [5, 5.41) is 9.06. The summed E-state index contributed by atoms with van der Waals surface area (Å²) in [5.74, 6) is 0.930. The summed E-state index contributed by atoms with van der Waals surface area (Å²) >= 11 is 1.74. The molecule has 3 aliphatic rings. The fourth-order valence-electron chi connectivity index (χ4n) is 3.61. The van der Waals surface area contributed by atoms with E-state index in [2.05, 4.69) is 6.92 Å². The molecule has 21 heavy (non-hydrogen) atoms. The minimum Gasteiger partial charge on any atom is -0.396 e. The molecule has 1 N–H and O–H groups in total. The topological polar surface area (TPSA) is 60.9 Å². The van der Waals surface area contributed by atoms with Crippen LogP contribution in [0.15, 0.2) is 0 Å². The molecule has 1 saturated carbocycles. The number of amides is 2. The predicted molar refractivity (Wildman–Crippen MR) is 81.8 cm³/mol. The third-order valence-corrected chi connectivity index (χ3v) is 6.59. The van der Waals surface area contributed by atoms with Crippen molar-refractivity contribution in [2.24, 2.45) is 0 Å². The average Bonchev–Trinajstić information content (AvgIpc) is 2.89. The van der Waals surface area contributed by atoms with E-state index in [0.29, 0.717) is 31.2 Å². The van der Waals surface area contributed by atoms with Crippen LogP contribution in [0.4, 0.5) is 0 Å². The Kier molecular flexibility index (Phi) is 4.19. The van der Waals surface area contributed by atoms with E-state index in [4.69, 9.17) is 5.11 Å². The highest BCUT2D eigenvalue weighted by Crippen LogP contribution is 2.47. The third kappa shape index (κ3) is 2.57. The molecule has 0 radical (unpaired) electrons. The Hall–Kier alpha value is -0.750. The van der Waals surface area contributed by atoms with E-state index in [-0.39, 0.29) is 29.3 Å². The van der Waals surface area contributed by atoms with Crippen molar-refractivity contribution < 1.29 is 14.7 Å². The second-order valence-corrected chi connectivity index (χ2v) is 7.96. The lowest BCUT2D eigenvalue weighted by Gasteiger charge is -2.40. The van der Waals surface area contributed by atoms with Crippen molar-refractivity contribution in [3.8, 4) is 0 Å². The molecule has 3 rings (SSSR count). The number of fused-ring (bicyclic) bond motifs is 1. The lowest BCUT2D eigenvalue weighted by atomic mass is 9.90. The first-order valence-corrected chi connectivity index (χ1v) is 8.93. The third-order valence-electron chi connectivity index (χ3n) is 5.09. The van der Waals surface area contributed by atoms with Gasteiger partial charge < -0.3 is 14.9 Å². The standard InChI is InChI=1S/C15H24N2O3S/c1-15-7-6-13(19)17(15)12(10-21-15)14(20)16(8-3-9-18)11-4-2-5-11/h11-12,18H,2-10H2,1H3. The molecule has 2 heterocycles. The Labute approximate surface area is 130 Å². The molecular weight excluding hydrogens is 288 g/mol. The van der Waals surface area contributed by atoms with Gasteiger partial charge in [-0.2, -0.15) is 0 Å². The van der Waals surface area contributed by atoms with Gasteiger partial charge in [-0.3, -0.25) is 9.59 Å². The lowest BCUT2D eigenvalue weighted by molar-refractivity contribution is -0.146. The highest BCUT2D eigenvalue weighted by atomic mass is 32.2. The molecule has 1 aliphatic carbocycles. The first-order chi connectivity index (χ1) is 10.1. The number of nitrogens with zero attached hydrogens (tertiary/aromatic N) is 2. The number of hydrogen-bond donors (Lipinski definition) is 1. The van der Waals surface area contributed by atoms with Crippen LogP contribution < -0.4 is 0 Å². The van der Waals surface area contributed by atoms with Gasteiger partial charge in [0.15, 0.2) is 0 Å². The Balaban J connectivity index is 1.74. The number of aliphatic hydroxyl groups is 1. The van der Waals surface area contributed by atoms with Gasteiger partial charge >= 0.3 is 0 Å². The summed E-state index contributed by atoms with van der Waals surface area (Å²) in [4.78, 5) is 28.7. The van der Waals surface area contributed by atoms with E-state index in [1.54, 1.807) is 11.8 Å². The largest absolute Gasteiger partial charge is 0.396 e. The molecule has 118 valence electrons. The van der Waals surface area contributed by atoms with Crippen molar-refractivity contribution >= 4 is 23.6 Å². The first kappa shape index (κ1) is 15.2. The van der Waals surface area contributed by atoms with Crippen molar-refractivity contribution in [2.45, 2.75) is 62.4 Å². The van der Waals surface area contributed by atoms with Crippen LogP contribution in [0.3, 0.4) is 0 Å². The summed E-state index contributed by atoms with van der Waals surface area (Å²) in [6, 6.07) is 0.0212. The molecular formula is C15H24N2O3S. The zero-order chi connectivity index (χ0) is 15.0. The Bertz CT molecular complexity index is 441. The normalized spacial score (nSPS) is 32.2. The van der Waals surface area contributed by atoms with Gasteiger partial charge in [-0.1, -0.05) is 0 Å². The number of aliphatic hydroxyl groups excluding tert-OH is 1. The molecule has 6 heteroatoms. The van der Waals surface area contributed by atoms with Crippen LogP contribution in [-0.4, -0.2) is 62.6 Å². The summed E-state index contributed by atoms with van der Waals surface area (Å²) in [6.07, 6.45) is 5.32. The zero-order valence-corrected chi connectivity index (χ0v) is 13.4. The van der Waals surface area contributed by atoms with Gasteiger partial charge in [0.1, 0.15) is 6.04 Å². The molecule has 2 unspecified atom stereocenters. The van der Waals surface area contributed by atoms with Gasteiger partial charge in [0.05, 0.1) is 4.87 Å². The van der Waals surface area contributed by atoms with Gasteiger partial charge in [-0.25, -0.2) is 0 Å². The zero-order valence-electron chi connectivity index (χ0n) is 12.6. The van der Waals surface area contributed by atoms with E-state index in [9.17, 15) is 9.59 Å². The van der Waals surface area contributed by atoms with E-state index in [1.807, 2.05) is 9.80 Å². The van der Waals surface area contributed by atoms with Crippen molar-refractivity contribution in [1.82, 2.24) is 9.80 Å². The molecule has 3 fully saturated rings. The summed E-state index contributed by atoms with van der Waals surface area (Å²) in [5.41, 5.74) is 0. The molecule has 0 aromatic carbocycles. The van der Waals surface area contributed by atoms with Gasteiger partial charge in [-0.15, -0.1) is 11.8 Å². The summed E-state index contributed by atoms with van der Waals surface area (Å²) in [6.45, 7) is 2.80. The minimum absolute atomic E-state index is 0.0969. The fraction of sp³-hybridized carbons (Fsp3) is 0.867. The molecule has 2 saturated heterocycles. The molecule has 2 amide bonds. The van der Waals surface area contributed by atoms with Gasteiger partial charge in [0.2, 0.25) is 11.8 Å². The molecule has 0 aromatic rings. The van der Waals surface area contributed by atoms with Crippen LogP contribution in [0.2, 0.25) is 0 Å². The highest BCUT2D eigenvalue weighted by Gasteiger charge is 2.54. The van der Waals surface area contributed by atoms with Crippen LogP contribution in [-0.2, 0) is 9.59 Å². The van der Waals surface area contributed by atoms with E-state index in [1.165, 1.54) is 6.42 Å². The first-order valence-electron chi connectivity index (χ1n) is 7.94. The van der Waals surface area contributed by atoms with Crippen molar-refractivity contribution in [3.63, 3.8) is 0 Å². The van der Waals surface area contributed by atoms with Crippen LogP contribution in [0.1, 0.15) is 45.4 Å². The Morgan fingerprint density at radius 1 is 1.52 bits per heavy atom. The second-order valence-electron chi connectivity index (χ2n) is 6.46. The van der Waals surface area contributed by atoms with Crippen LogP contribution in [0.25, 0.3) is 0 Å². The van der Waals surface area contributed by atoms with Crippen molar-refractivity contribution in [3.05, 3.63) is 0 Å². The van der Waals surface area contributed by atoms with Crippen LogP contribution in [0.5, 0.6) is 0 Å². The van der Waals surface area contributed by atoms with E-state index >= 15 is 0 Å². The maximum Gasteiger partial charge on any atom is 0.246 e. The number of carbonyl (C=O) groups is 2.